The molecule has 0 saturated carbocycles. The molecular weight excluding hydrogens is 256 g/mol. The van der Waals surface area contributed by atoms with Gasteiger partial charge in [0.05, 0.1) is 0 Å². The topological polar surface area (TPSA) is 38.5 Å². The van der Waals surface area contributed by atoms with E-state index in [1.165, 1.54) is 18.4 Å². The zero-order chi connectivity index (χ0) is 13.7. The maximum atomic E-state index is 5.67. The number of nitrogens with zero attached hydrogens (tertiary/aromatic N) is 1. The Morgan fingerprint density at radius 1 is 1.42 bits per heavy atom. The average molecular weight is 278 g/mol. The monoisotopic (exact) mass is 278 g/mol. The lowest BCUT2D eigenvalue weighted by Gasteiger charge is -2.31. The number of ether oxygens (including phenoxy) is 1. The molecular formula is C15H22N2OS. The highest BCUT2D eigenvalue weighted by atomic mass is 32.1. The van der Waals surface area contributed by atoms with Gasteiger partial charge in [-0.25, -0.2) is 0 Å². The molecule has 0 aliphatic carbocycles. The Morgan fingerprint density at radius 3 is 2.79 bits per heavy atom. The minimum absolute atomic E-state index is 0.473. The summed E-state index contributed by atoms with van der Waals surface area (Å²) in [5.74, 6) is 0.726. The molecule has 1 aromatic carbocycles. The number of thiocarbonyl (C=S) groups is 1. The quantitative estimate of drug-likeness (QED) is 0.838. The fraction of sp³-hybridized carbons (Fsp3) is 0.533. The fourth-order valence-corrected chi connectivity index (χ4v) is 2.76. The maximum Gasteiger partial charge on any atom is 0.103 e. The molecule has 0 atom stereocenters. The van der Waals surface area contributed by atoms with Crippen molar-refractivity contribution in [2.24, 2.45) is 11.7 Å². The first-order chi connectivity index (χ1) is 9.19. The van der Waals surface area contributed by atoms with Gasteiger partial charge in [-0.2, -0.15) is 0 Å². The van der Waals surface area contributed by atoms with Crippen molar-refractivity contribution in [3.05, 3.63) is 35.4 Å². The van der Waals surface area contributed by atoms with E-state index in [0.29, 0.717) is 4.99 Å². The molecule has 1 saturated heterocycles. The molecule has 0 unspecified atom stereocenters. The van der Waals surface area contributed by atoms with Crippen molar-refractivity contribution in [1.29, 1.82) is 0 Å². The van der Waals surface area contributed by atoms with Gasteiger partial charge in [0.1, 0.15) is 4.99 Å². The summed E-state index contributed by atoms with van der Waals surface area (Å²) in [4.78, 5) is 2.96. The van der Waals surface area contributed by atoms with Crippen LogP contribution in [0.25, 0.3) is 0 Å². The number of nitrogens with two attached hydrogens (primary N) is 1. The lowest BCUT2D eigenvalue weighted by Crippen LogP contribution is -2.34. The number of hydrogen-bond acceptors (Lipinski definition) is 3. The summed E-state index contributed by atoms with van der Waals surface area (Å²) >= 11 is 5.02. The highest BCUT2D eigenvalue weighted by molar-refractivity contribution is 7.80. The Bertz CT molecular complexity index is 428. The van der Waals surface area contributed by atoms with E-state index in [0.717, 1.165) is 37.7 Å². The predicted molar refractivity (Wildman–Crippen MR) is 82.2 cm³/mol. The van der Waals surface area contributed by atoms with Crippen LogP contribution in [0.5, 0.6) is 0 Å². The first kappa shape index (κ1) is 14.4. The van der Waals surface area contributed by atoms with Crippen molar-refractivity contribution in [3.63, 3.8) is 0 Å². The van der Waals surface area contributed by atoms with Gasteiger partial charge >= 0.3 is 0 Å². The van der Waals surface area contributed by atoms with Gasteiger partial charge in [0, 0.05) is 25.8 Å². The van der Waals surface area contributed by atoms with Crippen molar-refractivity contribution >= 4 is 17.2 Å². The molecule has 104 valence electrons. The summed E-state index contributed by atoms with van der Waals surface area (Å²) in [7, 11) is 1.79. The lowest BCUT2D eigenvalue weighted by atomic mass is 9.97. The highest BCUT2D eigenvalue weighted by Crippen LogP contribution is 2.19. The second-order valence-corrected chi connectivity index (χ2v) is 5.68. The number of hydrogen-bond donors (Lipinski definition) is 1. The van der Waals surface area contributed by atoms with E-state index in [-0.39, 0.29) is 0 Å². The summed E-state index contributed by atoms with van der Waals surface area (Å²) in [6, 6.07) is 8.24. The van der Waals surface area contributed by atoms with Crippen LogP contribution in [0.15, 0.2) is 24.3 Å². The van der Waals surface area contributed by atoms with E-state index < -0.39 is 0 Å². The molecule has 1 aliphatic heterocycles. The van der Waals surface area contributed by atoms with Crippen molar-refractivity contribution in [2.45, 2.75) is 19.4 Å². The van der Waals surface area contributed by atoms with Crippen LogP contribution < -0.4 is 5.73 Å². The van der Waals surface area contributed by atoms with Gasteiger partial charge in [0.15, 0.2) is 0 Å². The van der Waals surface area contributed by atoms with Gasteiger partial charge in [-0.3, -0.25) is 4.90 Å². The SMILES string of the molecule is COCC1CCN(Cc2cccc(C(N)=S)c2)CC1. The Hall–Kier alpha value is -0.970. The van der Waals surface area contributed by atoms with Crippen LogP contribution in [-0.2, 0) is 11.3 Å². The van der Waals surface area contributed by atoms with Gasteiger partial charge in [-0.05, 0) is 43.5 Å². The van der Waals surface area contributed by atoms with E-state index in [2.05, 4.69) is 17.0 Å². The van der Waals surface area contributed by atoms with Crippen LogP contribution in [0.3, 0.4) is 0 Å². The van der Waals surface area contributed by atoms with Crippen LogP contribution in [0, 0.1) is 5.92 Å². The van der Waals surface area contributed by atoms with E-state index in [4.69, 9.17) is 22.7 Å². The minimum atomic E-state index is 0.473. The summed E-state index contributed by atoms with van der Waals surface area (Å²) < 4.78 is 5.23. The molecule has 0 aromatic heterocycles. The number of likely N-dealkylation sites (tertiary alicyclic amines) is 1. The molecule has 0 spiro atoms. The maximum absolute atomic E-state index is 5.67. The Balaban J connectivity index is 1.88. The number of piperidine rings is 1. The summed E-state index contributed by atoms with van der Waals surface area (Å²) in [6.45, 7) is 4.16. The highest BCUT2D eigenvalue weighted by Gasteiger charge is 2.18. The normalized spacial score (nSPS) is 17.5. The zero-order valence-electron chi connectivity index (χ0n) is 11.5. The van der Waals surface area contributed by atoms with E-state index >= 15 is 0 Å². The molecule has 0 amide bonds. The van der Waals surface area contributed by atoms with Crippen LogP contribution in [0.1, 0.15) is 24.0 Å². The summed E-state index contributed by atoms with van der Waals surface area (Å²) in [5.41, 5.74) is 7.92. The Morgan fingerprint density at radius 2 is 2.16 bits per heavy atom. The second-order valence-electron chi connectivity index (χ2n) is 5.24. The predicted octanol–water partition coefficient (Wildman–Crippen LogP) is 2.18. The minimum Gasteiger partial charge on any atom is -0.389 e. The fourth-order valence-electron chi connectivity index (χ4n) is 2.63. The van der Waals surface area contributed by atoms with Crippen molar-refractivity contribution in [2.75, 3.05) is 26.8 Å². The van der Waals surface area contributed by atoms with Gasteiger partial charge in [-0.1, -0.05) is 30.4 Å². The first-order valence-corrected chi connectivity index (χ1v) is 7.20. The summed E-state index contributed by atoms with van der Waals surface area (Å²) in [5, 5.41) is 0. The molecule has 1 aromatic rings. The molecule has 0 radical (unpaired) electrons. The zero-order valence-corrected chi connectivity index (χ0v) is 12.3. The van der Waals surface area contributed by atoms with E-state index in [1.807, 2.05) is 12.1 Å². The largest absolute Gasteiger partial charge is 0.389 e. The number of rotatable bonds is 5. The molecule has 1 fully saturated rings. The summed E-state index contributed by atoms with van der Waals surface area (Å²) in [6.07, 6.45) is 2.45. The van der Waals surface area contributed by atoms with E-state index in [9.17, 15) is 0 Å². The molecule has 1 heterocycles. The number of benzene rings is 1. The molecule has 1 aliphatic rings. The average Bonchev–Trinajstić information content (AvgIpc) is 2.42. The Kier molecular flexibility index (Phi) is 5.31. The molecule has 0 bridgehead atoms. The molecule has 3 nitrogen and oxygen atoms in total. The van der Waals surface area contributed by atoms with Crippen LogP contribution in [0.4, 0.5) is 0 Å². The van der Waals surface area contributed by atoms with Gasteiger partial charge in [0.2, 0.25) is 0 Å². The third-order valence-corrected chi connectivity index (χ3v) is 3.96. The number of methoxy groups -OCH3 is 1. The van der Waals surface area contributed by atoms with Gasteiger partial charge < -0.3 is 10.5 Å². The van der Waals surface area contributed by atoms with E-state index in [1.54, 1.807) is 7.11 Å². The van der Waals surface area contributed by atoms with Crippen molar-refractivity contribution in [1.82, 2.24) is 4.90 Å². The Labute approximate surface area is 120 Å². The molecule has 2 rings (SSSR count). The third kappa shape index (κ3) is 4.27. The third-order valence-electron chi connectivity index (χ3n) is 3.73. The molecule has 4 heteroatoms. The molecule has 2 N–H and O–H groups in total. The van der Waals surface area contributed by atoms with Gasteiger partial charge in [-0.15, -0.1) is 0 Å². The van der Waals surface area contributed by atoms with Crippen LogP contribution >= 0.6 is 12.2 Å². The second kappa shape index (κ2) is 6.98. The van der Waals surface area contributed by atoms with Crippen LogP contribution in [-0.4, -0.2) is 36.7 Å². The van der Waals surface area contributed by atoms with Gasteiger partial charge in [0.25, 0.3) is 0 Å². The standard InChI is InChI=1S/C15H22N2OS/c1-18-11-12-5-7-17(8-6-12)10-13-3-2-4-14(9-13)15(16)19/h2-4,9,12H,5-8,10-11H2,1H3,(H2,16,19). The van der Waals surface area contributed by atoms with Crippen molar-refractivity contribution < 1.29 is 4.74 Å². The molecule has 19 heavy (non-hydrogen) atoms. The van der Waals surface area contributed by atoms with Crippen molar-refractivity contribution in [3.8, 4) is 0 Å². The lowest BCUT2D eigenvalue weighted by molar-refractivity contribution is 0.0968. The first-order valence-electron chi connectivity index (χ1n) is 6.79. The van der Waals surface area contributed by atoms with Crippen LogP contribution in [0.2, 0.25) is 0 Å². The smallest absolute Gasteiger partial charge is 0.103 e.